The summed E-state index contributed by atoms with van der Waals surface area (Å²) >= 11 is 0. The molecule has 4 nitrogen and oxygen atoms in total. The Morgan fingerprint density at radius 3 is 2.84 bits per heavy atom. The van der Waals surface area contributed by atoms with E-state index in [9.17, 15) is 8.42 Å². The summed E-state index contributed by atoms with van der Waals surface area (Å²) in [7, 11) is -3.25. The largest absolute Gasteiger partial charge is 0.313 e. The first-order chi connectivity index (χ1) is 9.09. The summed E-state index contributed by atoms with van der Waals surface area (Å²) < 4.78 is 26.8. The highest BCUT2D eigenvalue weighted by Crippen LogP contribution is 2.31. The summed E-state index contributed by atoms with van der Waals surface area (Å²) in [5.41, 5.74) is 1.99. The van der Waals surface area contributed by atoms with Crippen LogP contribution in [0.25, 0.3) is 0 Å². The van der Waals surface area contributed by atoms with Crippen LogP contribution in [0.3, 0.4) is 0 Å². The molecule has 0 spiro atoms. The zero-order valence-electron chi connectivity index (χ0n) is 11.2. The minimum Gasteiger partial charge on any atom is -0.313 e. The van der Waals surface area contributed by atoms with Crippen molar-refractivity contribution in [3.05, 3.63) is 29.8 Å². The van der Waals surface area contributed by atoms with Gasteiger partial charge in [0.05, 0.1) is 10.9 Å². The molecule has 1 saturated carbocycles. The van der Waals surface area contributed by atoms with Crippen molar-refractivity contribution in [1.29, 1.82) is 0 Å². The smallest absolute Gasteiger partial charge is 0.239 e. The van der Waals surface area contributed by atoms with Gasteiger partial charge in [-0.15, -0.1) is 0 Å². The standard InChI is InChI=1S/C14H20N2O2S/c1-11(10-15-13-6-7-13)19(17,18)16-9-8-12-4-2-3-5-14(12)16/h2-5,11,13,15H,6-10H2,1H3. The molecule has 1 heterocycles. The van der Waals surface area contributed by atoms with Crippen LogP contribution in [0.2, 0.25) is 0 Å². The van der Waals surface area contributed by atoms with Gasteiger partial charge in [0, 0.05) is 19.1 Å². The van der Waals surface area contributed by atoms with Gasteiger partial charge in [0.25, 0.3) is 0 Å². The van der Waals surface area contributed by atoms with Crippen LogP contribution in [-0.2, 0) is 16.4 Å². The number of anilines is 1. The Kier molecular flexibility index (Phi) is 3.27. The van der Waals surface area contributed by atoms with E-state index in [2.05, 4.69) is 5.32 Å². The molecule has 0 bridgehead atoms. The fourth-order valence-electron chi connectivity index (χ4n) is 2.51. The van der Waals surface area contributed by atoms with Crippen molar-refractivity contribution in [1.82, 2.24) is 5.32 Å². The van der Waals surface area contributed by atoms with Crippen molar-refractivity contribution in [3.63, 3.8) is 0 Å². The number of para-hydroxylation sites is 1. The van der Waals surface area contributed by atoms with Crippen molar-refractivity contribution < 1.29 is 8.42 Å². The number of hydrogen-bond donors (Lipinski definition) is 1. The molecule has 1 N–H and O–H groups in total. The van der Waals surface area contributed by atoms with Crippen molar-refractivity contribution >= 4 is 15.7 Å². The first-order valence-corrected chi connectivity index (χ1v) is 8.42. The van der Waals surface area contributed by atoms with E-state index in [0.717, 1.165) is 17.7 Å². The molecule has 1 atom stereocenters. The summed E-state index contributed by atoms with van der Waals surface area (Å²) in [5, 5.41) is 2.93. The lowest BCUT2D eigenvalue weighted by Crippen LogP contribution is -2.41. The van der Waals surface area contributed by atoms with Gasteiger partial charge < -0.3 is 5.32 Å². The average Bonchev–Trinajstić information content (AvgIpc) is 3.12. The van der Waals surface area contributed by atoms with E-state index in [0.29, 0.717) is 19.1 Å². The molecule has 0 amide bonds. The second-order valence-electron chi connectivity index (χ2n) is 5.49. The number of sulfonamides is 1. The lowest BCUT2D eigenvalue weighted by atomic mass is 10.2. The Balaban J connectivity index is 1.76. The zero-order chi connectivity index (χ0) is 13.5. The third-order valence-electron chi connectivity index (χ3n) is 3.93. The number of hydrogen-bond acceptors (Lipinski definition) is 3. The molecular weight excluding hydrogens is 260 g/mol. The van der Waals surface area contributed by atoms with Gasteiger partial charge in [-0.25, -0.2) is 8.42 Å². The maximum atomic E-state index is 12.6. The monoisotopic (exact) mass is 280 g/mol. The van der Waals surface area contributed by atoms with Gasteiger partial charge in [-0.05, 0) is 37.8 Å². The fourth-order valence-corrected chi connectivity index (χ4v) is 4.05. The molecule has 1 aromatic rings. The third-order valence-corrected chi connectivity index (χ3v) is 6.11. The molecular formula is C14H20N2O2S. The fraction of sp³-hybridized carbons (Fsp3) is 0.571. The van der Waals surface area contributed by atoms with E-state index in [1.165, 1.54) is 12.8 Å². The van der Waals surface area contributed by atoms with Crippen molar-refractivity contribution in [2.45, 2.75) is 37.5 Å². The van der Waals surface area contributed by atoms with Crippen LogP contribution >= 0.6 is 0 Å². The third kappa shape index (κ3) is 2.49. The van der Waals surface area contributed by atoms with E-state index in [-0.39, 0.29) is 5.25 Å². The topological polar surface area (TPSA) is 49.4 Å². The highest BCUT2D eigenvalue weighted by Gasteiger charge is 2.34. The van der Waals surface area contributed by atoms with Crippen LogP contribution < -0.4 is 9.62 Å². The SMILES string of the molecule is CC(CNC1CC1)S(=O)(=O)N1CCc2ccccc21. The number of fused-ring (bicyclic) bond motifs is 1. The zero-order valence-corrected chi connectivity index (χ0v) is 12.0. The first-order valence-electron chi connectivity index (χ1n) is 6.92. The van der Waals surface area contributed by atoms with Crippen LogP contribution in [0.15, 0.2) is 24.3 Å². The van der Waals surface area contributed by atoms with Gasteiger partial charge in [-0.1, -0.05) is 18.2 Å². The number of benzene rings is 1. The Morgan fingerprint density at radius 1 is 1.37 bits per heavy atom. The molecule has 1 fully saturated rings. The highest BCUT2D eigenvalue weighted by molar-refractivity contribution is 7.93. The van der Waals surface area contributed by atoms with E-state index in [4.69, 9.17) is 0 Å². The Bertz CT molecular complexity index is 567. The number of nitrogens with one attached hydrogen (secondary N) is 1. The first kappa shape index (κ1) is 12.9. The van der Waals surface area contributed by atoms with Crippen molar-refractivity contribution in [3.8, 4) is 0 Å². The van der Waals surface area contributed by atoms with Gasteiger partial charge in [0.1, 0.15) is 0 Å². The van der Waals surface area contributed by atoms with Gasteiger partial charge in [0.2, 0.25) is 10.0 Å². The molecule has 104 valence electrons. The molecule has 5 heteroatoms. The highest BCUT2D eigenvalue weighted by atomic mass is 32.2. The number of nitrogens with zero attached hydrogens (tertiary/aromatic N) is 1. The molecule has 19 heavy (non-hydrogen) atoms. The van der Waals surface area contributed by atoms with Gasteiger partial charge in [0.15, 0.2) is 0 Å². The van der Waals surface area contributed by atoms with Gasteiger partial charge in [-0.3, -0.25) is 4.31 Å². The summed E-state index contributed by atoms with van der Waals surface area (Å²) in [6.45, 7) is 2.92. The summed E-state index contributed by atoms with van der Waals surface area (Å²) in [5.74, 6) is 0. The lowest BCUT2D eigenvalue weighted by molar-refractivity contribution is 0.567. The second kappa shape index (κ2) is 4.80. The van der Waals surface area contributed by atoms with E-state index in [1.807, 2.05) is 24.3 Å². The summed E-state index contributed by atoms with van der Waals surface area (Å²) in [6.07, 6.45) is 3.18. The lowest BCUT2D eigenvalue weighted by Gasteiger charge is -2.24. The molecule has 1 aliphatic heterocycles. The number of rotatable bonds is 5. The van der Waals surface area contributed by atoms with E-state index >= 15 is 0 Å². The van der Waals surface area contributed by atoms with E-state index in [1.54, 1.807) is 11.2 Å². The Morgan fingerprint density at radius 2 is 2.11 bits per heavy atom. The molecule has 1 aliphatic carbocycles. The molecule has 0 saturated heterocycles. The average molecular weight is 280 g/mol. The second-order valence-corrected chi connectivity index (χ2v) is 7.76. The summed E-state index contributed by atoms with van der Waals surface area (Å²) in [4.78, 5) is 0. The van der Waals surface area contributed by atoms with Crippen LogP contribution in [0, 0.1) is 0 Å². The Labute approximate surface area is 114 Å². The Hall–Kier alpha value is -1.07. The van der Waals surface area contributed by atoms with Crippen LogP contribution in [0.1, 0.15) is 25.3 Å². The molecule has 0 aromatic heterocycles. The molecule has 0 radical (unpaired) electrons. The predicted molar refractivity (Wildman–Crippen MR) is 76.9 cm³/mol. The van der Waals surface area contributed by atoms with Crippen LogP contribution in [-0.4, -0.2) is 32.8 Å². The van der Waals surface area contributed by atoms with E-state index < -0.39 is 10.0 Å². The molecule has 1 aromatic carbocycles. The minimum absolute atomic E-state index is 0.376. The molecule has 1 unspecified atom stereocenters. The maximum Gasteiger partial charge on any atom is 0.239 e. The minimum atomic E-state index is -3.25. The van der Waals surface area contributed by atoms with Gasteiger partial charge in [-0.2, -0.15) is 0 Å². The van der Waals surface area contributed by atoms with Crippen LogP contribution in [0.5, 0.6) is 0 Å². The van der Waals surface area contributed by atoms with Crippen LogP contribution in [0.4, 0.5) is 5.69 Å². The quantitative estimate of drug-likeness (QED) is 0.889. The summed E-state index contributed by atoms with van der Waals surface area (Å²) in [6, 6.07) is 8.33. The van der Waals surface area contributed by atoms with Crippen molar-refractivity contribution in [2.75, 3.05) is 17.4 Å². The van der Waals surface area contributed by atoms with Gasteiger partial charge >= 0.3 is 0 Å². The maximum absolute atomic E-state index is 12.6. The van der Waals surface area contributed by atoms with Crippen molar-refractivity contribution in [2.24, 2.45) is 0 Å². The predicted octanol–water partition coefficient (Wildman–Crippen LogP) is 1.52. The molecule has 3 rings (SSSR count). The normalized spacial score (nSPS) is 20.4. The molecule has 2 aliphatic rings.